The fraction of sp³-hybridized carbons (Fsp3) is 0.526. The molecule has 2 aliphatic heterocycles. The average Bonchev–Trinajstić information content (AvgIpc) is 3.21. The molecule has 1 atom stereocenters. The number of carbonyl (C=O) groups excluding carboxylic acids is 1. The van der Waals surface area contributed by atoms with Crippen molar-refractivity contribution in [2.75, 3.05) is 26.2 Å². The molecule has 132 valence electrons. The van der Waals surface area contributed by atoms with E-state index in [1.807, 2.05) is 4.90 Å². The lowest BCUT2D eigenvalue weighted by Crippen LogP contribution is -2.27. The third-order valence-electron chi connectivity index (χ3n) is 5.40. The fourth-order valence-electron chi connectivity index (χ4n) is 3.95. The van der Waals surface area contributed by atoms with Crippen molar-refractivity contribution in [3.05, 3.63) is 47.5 Å². The Balaban J connectivity index is 1.44. The average molecular weight is 339 g/mol. The predicted molar refractivity (Wildman–Crippen MR) is 95.1 cm³/mol. The molecule has 0 spiro atoms. The van der Waals surface area contributed by atoms with Gasteiger partial charge in [0.05, 0.1) is 0 Å². The van der Waals surface area contributed by atoms with E-state index in [0.29, 0.717) is 5.92 Å². The molecule has 4 rings (SSSR count). The first-order valence-corrected chi connectivity index (χ1v) is 9.14. The van der Waals surface area contributed by atoms with E-state index in [9.17, 15) is 4.79 Å². The molecule has 25 heavy (non-hydrogen) atoms. The summed E-state index contributed by atoms with van der Waals surface area (Å²) in [7, 11) is 0. The first kappa shape index (κ1) is 16.3. The van der Waals surface area contributed by atoms with Crippen LogP contribution < -0.4 is 0 Å². The Morgan fingerprint density at radius 2 is 1.96 bits per heavy atom. The van der Waals surface area contributed by atoms with E-state index in [1.165, 1.54) is 5.56 Å². The number of rotatable bonds is 3. The van der Waals surface area contributed by atoms with Crippen molar-refractivity contribution in [3.63, 3.8) is 0 Å². The summed E-state index contributed by atoms with van der Waals surface area (Å²) in [6.07, 6.45) is 1.93. The lowest BCUT2D eigenvalue weighted by atomic mass is 10.1. The molecule has 6 heteroatoms. The van der Waals surface area contributed by atoms with Crippen molar-refractivity contribution in [1.29, 1.82) is 0 Å². The number of hydrogen-bond donors (Lipinski definition) is 0. The summed E-state index contributed by atoms with van der Waals surface area (Å²) in [5.41, 5.74) is 1.35. The maximum atomic E-state index is 11.6. The summed E-state index contributed by atoms with van der Waals surface area (Å²) in [5, 5.41) is 8.94. The first-order chi connectivity index (χ1) is 12.2. The third kappa shape index (κ3) is 3.44. The van der Waals surface area contributed by atoms with Gasteiger partial charge < -0.3 is 9.47 Å². The number of amides is 1. The molecule has 0 bridgehead atoms. The zero-order chi connectivity index (χ0) is 17.2. The van der Waals surface area contributed by atoms with E-state index >= 15 is 0 Å². The highest BCUT2D eigenvalue weighted by atomic mass is 16.2. The lowest BCUT2D eigenvalue weighted by Gasteiger charge is -2.20. The largest absolute Gasteiger partial charge is 0.342 e. The molecule has 1 unspecified atom stereocenters. The van der Waals surface area contributed by atoms with Crippen LogP contribution in [0, 0.1) is 0 Å². The van der Waals surface area contributed by atoms with Gasteiger partial charge in [0.2, 0.25) is 5.91 Å². The minimum absolute atomic E-state index is 0.159. The standard InChI is InChI=1S/C19H25N5O/c1-15(25)23-10-7-17(14-23)19-21-20-18-8-9-22(11-12-24(18)19)13-16-5-3-2-4-6-16/h2-6,17H,7-14H2,1H3. The second-order valence-electron chi connectivity index (χ2n) is 7.09. The van der Waals surface area contributed by atoms with Crippen molar-refractivity contribution in [2.24, 2.45) is 0 Å². The van der Waals surface area contributed by atoms with E-state index in [4.69, 9.17) is 0 Å². The molecule has 6 nitrogen and oxygen atoms in total. The van der Waals surface area contributed by atoms with Crippen molar-refractivity contribution in [1.82, 2.24) is 24.6 Å². The summed E-state index contributed by atoms with van der Waals surface area (Å²) in [6, 6.07) is 10.6. The van der Waals surface area contributed by atoms with Crippen LogP contribution >= 0.6 is 0 Å². The fourth-order valence-corrected chi connectivity index (χ4v) is 3.95. The SMILES string of the molecule is CC(=O)N1CCC(c2nnc3n2CCN(Cc2ccccc2)CC3)C1. The minimum atomic E-state index is 0.159. The van der Waals surface area contributed by atoms with Crippen LogP contribution in [-0.2, 0) is 24.3 Å². The van der Waals surface area contributed by atoms with Gasteiger partial charge in [0.15, 0.2) is 0 Å². The van der Waals surface area contributed by atoms with Gasteiger partial charge >= 0.3 is 0 Å². The highest BCUT2D eigenvalue weighted by Crippen LogP contribution is 2.27. The molecule has 1 amide bonds. The summed E-state index contributed by atoms with van der Waals surface area (Å²) in [6.45, 7) is 7.20. The zero-order valence-corrected chi connectivity index (χ0v) is 14.8. The van der Waals surface area contributed by atoms with E-state index < -0.39 is 0 Å². The van der Waals surface area contributed by atoms with Gasteiger partial charge in [0.1, 0.15) is 11.6 Å². The van der Waals surface area contributed by atoms with Crippen molar-refractivity contribution < 1.29 is 4.79 Å². The van der Waals surface area contributed by atoms with Crippen LogP contribution in [0.2, 0.25) is 0 Å². The maximum absolute atomic E-state index is 11.6. The van der Waals surface area contributed by atoms with Gasteiger partial charge in [-0.3, -0.25) is 9.69 Å². The Bertz CT molecular complexity index is 742. The molecule has 3 heterocycles. The number of aromatic nitrogens is 3. The van der Waals surface area contributed by atoms with Crippen molar-refractivity contribution >= 4 is 5.91 Å². The van der Waals surface area contributed by atoms with Gasteiger partial charge in [-0.2, -0.15) is 0 Å². The van der Waals surface area contributed by atoms with E-state index in [-0.39, 0.29) is 5.91 Å². The number of likely N-dealkylation sites (tertiary alicyclic amines) is 1. The second kappa shape index (κ2) is 6.96. The molecule has 0 saturated carbocycles. The van der Waals surface area contributed by atoms with E-state index in [1.54, 1.807) is 6.92 Å². The molecule has 1 fully saturated rings. The normalized spacial score (nSPS) is 21.2. The van der Waals surface area contributed by atoms with Gasteiger partial charge in [-0.05, 0) is 12.0 Å². The van der Waals surface area contributed by atoms with Gasteiger partial charge in [-0.1, -0.05) is 30.3 Å². The molecule has 1 saturated heterocycles. The number of hydrogen-bond acceptors (Lipinski definition) is 4. The van der Waals surface area contributed by atoms with Gasteiger partial charge in [-0.15, -0.1) is 10.2 Å². The van der Waals surface area contributed by atoms with Crippen LogP contribution in [0.15, 0.2) is 30.3 Å². The number of fused-ring (bicyclic) bond motifs is 1. The molecular formula is C19H25N5O. The second-order valence-corrected chi connectivity index (χ2v) is 7.09. The highest BCUT2D eigenvalue weighted by molar-refractivity contribution is 5.73. The molecule has 2 aromatic rings. The molecule has 0 N–H and O–H groups in total. The predicted octanol–water partition coefficient (Wildman–Crippen LogP) is 1.67. The Morgan fingerprint density at radius 3 is 2.72 bits per heavy atom. The van der Waals surface area contributed by atoms with Crippen LogP contribution in [0.4, 0.5) is 0 Å². The number of benzene rings is 1. The van der Waals surface area contributed by atoms with Crippen molar-refractivity contribution in [3.8, 4) is 0 Å². The van der Waals surface area contributed by atoms with Gasteiger partial charge in [0.25, 0.3) is 0 Å². The first-order valence-electron chi connectivity index (χ1n) is 9.14. The monoisotopic (exact) mass is 339 g/mol. The van der Waals surface area contributed by atoms with Gasteiger partial charge in [-0.25, -0.2) is 0 Å². The molecular weight excluding hydrogens is 314 g/mol. The number of nitrogens with zero attached hydrogens (tertiary/aromatic N) is 5. The Hall–Kier alpha value is -2.21. The zero-order valence-electron chi connectivity index (χ0n) is 14.8. The minimum Gasteiger partial charge on any atom is -0.342 e. The summed E-state index contributed by atoms with van der Waals surface area (Å²) in [5.74, 6) is 2.64. The lowest BCUT2D eigenvalue weighted by molar-refractivity contribution is -0.127. The summed E-state index contributed by atoms with van der Waals surface area (Å²) >= 11 is 0. The number of carbonyl (C=O) groups is 1. The van der Waals surface area contributed by atoms with Gasteiger partial charge in [0, 0.05) is 58.5 Å². The van der Waals surface area contributed by atoms with E-state index in [0.717, 1.165) is 63.8 Å². The molecule has 2 aliphatic rings. The Labute approximate surface area is 148 Å². The quantitative estimate of drug-likeness (QED) is 0.854. The Morgan fingerprint density at radius 1 is 1.12 bits per heavy atom. The maximum Gasteiger partial charge on any atom is 0.219 e. The van der Waals surface area contributed by atoms with Crippen molar-refractivity contribution in [2.45, 2.75) is 38.8 Å². The van der Waals surface area contributed by atoms with E-state index in [2.05, 4.69) is 50.0 Å². The molecule has 0 radical (unpaired) electrons. The van der Waals surface area contributed by atoms with Crippen LogP contribution in [-0.4, -0.2) is 56.7 Å². The summed E-state index contributed by atoms with van der Waals surface area (Å²) < 4.78 is 2.30. The topological polar surface area (TPSA) is 54.3 Å². The van der Waals surface area contributed by atoms with Crippen LogP contribution in [0.5, 0.6) is 0 Å². The molecule has 0 aliphatic carbocycles. The smallest absolute Gasteiger partial charge is 0.219 e. The third-order valence-corrected chi connectivity index (χ3v) is 5.40. The Kier molecular flexibility index (Phi) is 4.53. The van der Waals surface area contributed by atoms with Crippen LogP contribution in [0.1, 0.15) is 36.5 Å². The molecule has 1 aromatic heterocycles. The van der Waals surface area contributed by atoms with Crippen LogP contribution in [0.25, 0.3) is 0 Å². The molecule has 1 aromatic carbocycles. The van der Waals surface area contributed by atoms with Crippen LogP contribution in [0.3, 0.4) is 0 Å². The summed E-state index contributed by atoms with van der Waals surface area (Å²) in [4.78, 5) is 16.0. The highest BCUT2D eigenvalue weighted by Gasteiger charge is 2.30.